The number of carbonyl (C=O) groups excluding carboxylic acids is 1. The lowest BCUT2D eigenvalue weighted by Gasteiger charge is -1.87. The standard InChI is InChI=1S/C10H10FN.C4H8O2/c11-6-5-9-7-8-3-1-2-4-10(8)12-9;1-3-4(5)6-2/h1-4,7,12H,5-6H2;3H2,1-2H3. The average Bonchev–Trinajstić information content (AvgIpc) is 2.81. The van der Waals surface area contributed by atoms with Gasteiger partial charge >= 0.3 is 5.97 Å². The van der Waals surface area contributed by atoms with Crippen molar-refractivity contribution in [2.24, 2.45) is 0 Å². The van der Waals surface area contributed by atoms with Crippen molar-refractivity contribution in [3.8, 4) is 0 Å². The van der Waals surface area contributed by atoms with Gasteiger partial charge < -0.3 is 9.72 Å². The summed E-state index contributed by atoms with van der Waals surface area (Å²) in [5, 5.41) is 1.15. The number of fused-ring (bicyclic) bond motifs is 1. The third-order valence-corrected chi connectivity index (χ3v) is 2.47. The molecule has 4 heteroatoms. The molecule has 0 unspecified atom stereocenters. The normalized spacial score (nSPS) is 9.72. The van der Waals surface area contributed by atoms with Crippen LogP contribution in [0, 0.1) is 0 Å². The Hall–Kier alpha value is -1.84. The molecule has 1 aromatic carbocycles. The number of nitrogens with one attached hydrogen (secondary N) is 1. The molecule has 0 aliphatic rings. The Labute approximate surface area is 106 Å². The van der Waals surface area contributed by atoms with E-state index in [0.717, 1.165) is 16.6 Å². The zero-order valence-corrected chi connectivity index (χ0v) is 10.7. The molecule has 18 heavy (non-hydrogen) atoms. The van der Waals surface area contributed by atoms with Gasteiger partial charge in [0, 0.05) is 24.1 Å². The second-order valence-electron chi connectivity index (χ2n) is 3.75. The molecule has 1 N–H and O–H groups in total. The van der Waals surface area contributed by atoms with Crippen LogP contribution in [-0.2, 0) is 16.0 Å². The number of para-hydroxylation sites is 1. The van der Waals surface area contributed by atoms with Crippen molar-refractivity contribution in [2.45, 2.75) is 19.8 Å². The average molecular weight is 251 g/mol. The zero-order valence-electron chi connectivity index (χ0n) is 10.7. The van der Waals surface area contributed by atoms with E-state index in [2.05, 4.69) is 9.72 Å². The summed E-state index contributed by atoms with van der Waals surface area (Å²) in [6.07, 6.45) is 0.950. The van der Waals surface area contributed by atoms with Crippen molar-refractivity contribution in [2.75, 3.05) is 13.8 Å². The molecule has 0 aliphatic heterocycles. The number of benzene rings is 1. The van der Waals surface area contributed by atoms with Crippen LogP contribution in [-0.4, -0.2) is 24.7 Å². The molecule has 1 aromatic heterocycles. The van der Waals surface area contributed by atoms with Gasteiger partial charge in [0.05, 0.1) is 13.8 Å². The summed E-state index contributed by atoms with van der Waals surface area (Å²) in [6, 6.07) is 9.97. The molecule has 2 rings (SSSR count). The van der Waals surface area contributed by atoms with Crippen molar-refractivity contribution in [1.29, 1.82) is 0 Å². The SMILES string of the molecule is CCC(=O)OC.FCCc1cc2ccccc2[nH]1. The van der Waals surface area contributed by atoms with Crippen LogP contribution in [0.15, 0.2) is 30.3 Å². The lowest BCUT2D eigenvalue weighted by Crippen LogP contribution is -1.94. The van der Waals surface area contributed by atoms with Crippen LogP contribution < -0.4 is 0 Å². The maximum atomic E-state index is 12.0. The monoisotopic (exact) mass is 251 g/mol. The molecule has 1 heterocycles. The van der Waals surface area contributed by atoms with Crippen molar-refractivity contribution < 1.29 is 13.9 Å². The third-order valence-electron chi connectivity index (χ3n) is 2.47. The zero-order chi connectivity index (χ0) is 13.4. The van der Waals surface area contributed by atoms with E-state index in [1.807, 2.05) is 30.3 Å². The van der Waals surface area contributed by atoms with E-state index in [0.29, 0.717) is 12.8 Å². The second-order valence-corrected chi connectivity index (χ2v) is 3.75. The number of hydrogen-bond acceptors (Lipinski definition) is 2. The largest absolute Gasteiger partial charge is 0.469 e. The minimum atomic E-state index is -0.299. The lowest BCUT2D eigenvalue weighted by atomic mass is 10.2. The number of halogens is 1. The van der Waals surface area contributed by atoms with Crippen LogP contribution in [0.2, 0.25) is 0 Å². The van der Waals surface area contributed by atoms with Crippen LogP contribution in [0.3, 0.4) is 0 Å². The lowest BCUT2D eigenvalue weighted by molar-refractivity contribution is -0.140. The van der Waals surface area contributed by atoms with Gasteiger partial charge in [0.2, 0.25) is 0 Å². The van der Waals surface area contributed by atoms with E-state index < -0.39 is 0 Å². The summed E-state index contributed by atoms with van der Waals surface area (Å²) in [5.74, 6) is -0.157. The van der Waals surface area contributed by atoms with Gasteiger partial charge in [-0.25, -0.2) is 0 Å². The van der Waals surface area contributed by atoms with Crippen LogP contribution in [0.1, 0.15) is 19.0 Å². The fraction of sp³-hybridized carbons (Fsp3) is 0.357. The fourth-order valence-corrected chi connectivity index (χ4v) is 1.51. The number of hydrogen-bond donors (Lipinski definition) is 1. The van der Waals surface area contributed by atoms with Crippen LogP contribution in [0.5, 0.6) is 0 Å². The first kappa shape index (κ1) is 14.2. The Kier molecular flexibility index (Phi) is 5.91. The Morgan fingerprint density at radius 3 is 2.61 bits per heavy atom. The predicted molar refractivity (Wildman–Crippen MR) is 70.3 cm³/mol. The number of aromatic amines is 1. The maximum absolute atomic E-state index is 12.0. The van der Waals surface area contributed by atoms with Gasteiger partial charge in [-0.15, -0.1) is 0 Å². The summed E-state index contributed by atoms with van der Waals surface area (Å²) >= 11 is 0. The van der Waals surface area contributed by atoms with Crippen molar-refractivity contribution >= 4 is 16.9 Å². The quantitative estimate of drug-likeness (QED) is 0.851. The maximum Gasteiger partial charge on any atom is 0.305 e. The molecule has 0 saturated heterocycles. The number of aromatic nitrogens is 1. The van der Waals surface area contributed by atoms with E-state index in [-0.39, 0.29) is 12.6 Å². The Balaban J connectivity index is 0.000000232. The summed E-state index contributed by atoms with van der Waals surface area (Å²) in [4.78, 5) is 13.1. The molecule has 0 spiro atoms. The number of aryl methyl sites for hydroxylation is 1. The van der Waals surface area contributed by atoms with E-state index >= 15 is 0 Å². The Morgan fingerprint density at radius 2 is 2.11 bits per heavy atom. The first-order chi connectivity index (χ1) is 8.71. The van der Waals surface area contributed by atoms with Gasteiger partial charge in [0.25, 0.3) is 0 Å². The molecule has 3 nitrogen and oxygen atoms in total. The predicted octanol–water partition coefficient (Wildman–Crippen LogP) is 3.25. The minimum Gasteiger partial charge on any atom is -0.469 e. The number of esters is 1. The van der Waals surface area contributed by atoms with Gasteiger partial charge in [0.1, 0.15) is 0 Å². The van der Waals surface area contributed by atoms with Gasteiger partial charge in [0.15, 0.2) is 0 Å². The smallest absolute Gasteiger partial charge is 0.305 e. The van der Waals surface area contributed by atoms with Crippen molar-refractivity contribution in [3.63, 3.8) is 0 Å². The first-order valence-electron chi connectivity index (χ1n) is 5.90. The molecule has 2 aromatic rings. The third kappa shape index (κ3) is 4.20. The molecule has 0 aliphatic carbocycles. The summed E-state index contributed by atoms with van der Waals surface area (Å²) in [7, 11) is 1.38. The second kappa shape index (κ2) is 7.48. The molecule has 0 saturated carbocycles. The van der Waals surface area contributed by atoms with Crippen LogP contribution >= 0.6 is 0 Å². The molecule has 0 bridgehead atoms. The highest BCUT2D eigenvalue weighted by Gasteiger charge is 1.98. The molecule has 0 radical (unpaired) electrons. The number of carbonyl (C=O) groups is 1. The van der Waals surface area contributed by atoms with E-state index in [1.165, 1.54) is 7.11 Å². The minimum absolute atomic E-state index is 0.157. The highest BCUT2D eigenvalue weighted by Crippen LogP contribution is 2.14. The van der Waals surface area contributed by atoms with E-state index in [9.17, 15) is 9.18 Å². The molecular formula is C14H18FNO2. The fourth-order valence-electron chi connectivity index (χ4n) is 1.51. The molecule has 0 atom stereocenters. The Bertz CT molecular complexity index is 454. The van der Waals surface area contributed by atoms with Gasteiger partial charge in [-0.05, 0) is 17.5 Å². The summed E-state index contributed by atoms with van der Waals surface area (Å²) in [6.45, 7) is 1.46. The molecule has 0 fully saturated rings. The number of ether oxygens (including phenoxy) is 1. The number of alkyl halides is 1. The van der Waals surface area contributed by atoms with Crippen LogP contribution in [0.25, 0.3) is 10.9 Å². The van der Waals surface area contributed by atoms with Crippen LogP contribution in [0.4, 0.5) is 4.39 Å². The highest BCUT2D eigenvalue weighted by molar-refractivity contribution is 5.80. The van der Waals surface area contributed by atoms with Crippen molar-refractivity contribution in [3.05, 3.63) is 36.0 Å². The summed E-state index contributed by atoms with van der Waals surface area (Å²) < 4.78 is 16.2. The highest BCUT2D eigenvalue weighted by atomic mass is 19.1. The van der Waals surface area contributed by atoms with Gasteiger partial charge in [-0.1, -0.05) is 25.1 Å². The molecule has 0 amide bonds. The van der Waals surface area contributed by atoms with Gasteiger partial charge in [-0.2, -0.15) is 0 Å². The topological polar surface area (TPSA) is 42.1 Å². The Morgan fingerprint density at radius 1 is 1.39 bits per heavy atom. The number of rotatable bonds is 3. The molecule has 98 valence electrons. The van der Waals surface area contributed by atoms with Gasteiger partial charge in [-0.3, -0.25) is 9.18 Å². The first-order valence-corrected chi connectivity index (χ1v) is 5.90. The molecular weight excluding hydrogens is 233 g/mol. The van der Waals surface area contributed by atoms with E-state index in [4.69, 9.17) is 0 Å². The van der Waals surface area contributed by atoms with E-state index in [1.54, 1.807) is 6.92 Å². The summed E-state index contributed by atoms with van der Waals surface area (Å²) in [5.41, 5.74) is 2.06. The number of methoxy groups -OCH3 is 1. The number of H-pyrrole nitrogens is 1. The van der Waals surface area contributed by atoms with Crippen molar-refractivity contribution in [1.82, 2.24) is 4.98 Å².